The highest BCUT2D eigenvalue weighted by Gasteiger charge is 2.13. The Morgan fingerprint density at radius 2 is 0.667 bits per heavy atom. The van der Waals surface area contributed by atoms with Gasteiger partial charge in [0.05, 0.1) is 11.4 Å². The molecule has 0 unspecified atom stereocenters. The molecule has 0 aliphatic heterocycles. The zero-order valence-corrected chi connectivity index (χ0v) is 16.8. The quantitative estimate of drug-likeness (QED) is 0.237. The van der Waals surface area contributed by atoms with Crippen LogP contribution in [0, 0.1) is 0 Å². The summed E-state index contributed by atoms with van der Waals surface area (Å²) in [5.74, 6) is 0. The molecule has 0 saturated carbocycles. The second-order valence-corrected chi connectivity index (χ2v) is 7.52. The lowest BCUT2D eigenvalue weighted by molar-refractivity contribution is 1.15. The average Bonchev–Trinajstić information content (AvgIpc) is 2.82. The monoisotopic (exact) mass is 388 g/mol. The Kier molecular flexibility index (Phi) is 5.05. The van der Waals surface area contributed by atoms with E-state index in [0.29, 0.717) is 0 Å². The zero-order chi connectivity index (χ0) is 20.2. The summed E-state index contributed by atoms with van der Waals surface area (Å²) in [5.41, 5.74) is 4.93. The Morgan fingerprint density at radius 1 is 0.367 bits per heavy atom. The van der Waals surface area contributed by atoms with Gasteiger partial charge < -0.3 is 10.6 Å². The zero-order valence-electron chi connectivity index (χ0n) is 16.8. The summed E-state index contributed by atoms with van der Waals surface area (Å²) in [5, 5.41) is 12.4. The van der Waals surface area contributed by atoms with E-state index in [2.05, 4.69) is 120 Å². The third-order valence-corrected chi connectivity index (χ3v) is 5.56. The van der Waals surface area contributed by atoms with Gasteiger partial charge in [-0.15, -0.1) is 0 Å². The second kappa shape index (κ2) is 8.30. The maximum atomic E-state index is 3.72. The maximum absolute atomic E-state index is 3.72. The summed E-state index contributed by atoms with van der Waals surface area (Å²) in [7, 11) is 0. The first-order chi connectivity index (χ1) is 14.9. The lowest BCUT2D eigenvalue weighted by Crippen LogP contribution is -2.04. The summed E-state index contributed by atoms with van der Waals surface area (Å²) in [6, 6.07) is 38.4. The molecule has 30 heavy (non-hydrogen) atoms. The van der Waals surface area contributed by atoms with E-state index in [4.69, 9.17) is 0 Å². The summed E-state index contributed by atoms with van der Waals surface area (Å²) < 4.78 is 0. The van der Waals surface area contributed by atoms with E-state index in [1.807, 2.05) is 0 Å². The van der Waals surface area contributed by atoms with Crippen molar-refractivity contribution < 1.29 is 0 Å². The Bertz CT molecular complexity index is 1120. The normalized spacial score (nSPS) is 10.9. The van der Waals surface area contributed by atoms with Crippen molar-refractivity contribution in [3.63, 3.8) is 0 Å². The Labute approximate surface area is 177 Å². The fraction of sp³-hybridized carbons (Fsp3) is 0.0714. The van der Waals surface area contributed by atoms with Gasteiger partial charge in [0.2, 0.25) is 0 Å². The number of hydrogen-bond donors (Lipinski definition) is 2. The van der Waals surface area contributed by atoms with Gasteiger partial charge in [0.25, 0.3) is 0 Å². The molecule has 5 rings (SSSR count). The Morgan fingerprint density at radius 3 is 1.00 bits per heavy atom. The van der Waals surface area contributed by atoms with Crippen LogP contribution in [0.15, 0.2) is 109 Å². The fourth-order valence-corrected chi connectivity index (χ4v) is 4.08. The smallest absolute Gasteiger partial charge is 0.0503 e. The molecule has 0 amide bonds. The average molecular weight is 389 g/mol. The standard InChI is InChI=1S/C28H24N2/c1-3-11-21(12-4-1)19-29-27-23-15-7-9-17-25(23)28(26-18-10-8-16-24(26)27)30-20-22-13-5-2-6-14-22/h1-18,29-30H,19-20H2. The number of hydrogen-bond acceptors (Lipinski definition) is 2. The van der Waals surface area contributed by atoms with Crippen molar-refractivity contribution in [2.24, 2.45) is 0 Å². The minimum atomic E-state index is 0.797. The largest absolute Gasteiger partial charge is 0.380 e. The number of fused-ring (bicyclic) bond motifs is 2. The van der Waals surface area contributed by atoms with Crippen LogP contribution >= 0.6 is 0 Å². The van der Waals surface area contributed by atoms with E-state index in [1.54, 1.807) is 0 Å². The SMILES string of the molecule is c1ccc(CNc2c3ccccc3c(NCc3ccccc3)c3ccccc23)cc1. The van der Waals surface area contributed by atoms with Crippen LogP contribution in [0.1, 0.15) is 11.1 Å². The molecule has 0 spiro atoms. The van der Waals surface area contributed by atoms with E-state index in [0.717, 1.165) is 13.1 Å². The first kappa shape index (κ1) is 18.3. The number of anilines is 2. The summed E-state index contributed by atoms with van der Waals surface area (Å²) in [6.07, 6.45) is 0. The molecule has 0 atom stereocenters. The molecule has 0 saturated heterocycles. The van der Waals surface area contributed by atoms with Crippen LogP contribution in [-0.2, 0) is 13.1 Å². The van der Waals surface area contributed by atoms with Crippen LogP contribution in [0.2, 0.25) is 0 Å². The van der Waals surface area contributed by atoms with Crippen molar-refractivity contribution in [3.8, 4) is 0 Å². The van der Waals surface area contributed by atoms with Crippen molar-refractivity contribution in [1.29, 1.82) is 0 Å². The van der Waals surface area contributed by atoms with E-state index < -0.39 is 0 Å². The molecule has 0 bridgehead atoms. The van der Waals surface area contributed by atoms with Crippen LogP contribution in [0.3, 0.4) is 0 Å². The van der Waals surface area contributed by atoms with Crippen LogP contribution in [0.5, 0.6) is 0 Å². The Hall–Kier alpha value is -3.78. The molecular formula is C28H24N2. The van der Waals surface area contributed by atoms with Gasteiger partial charge in [-0.3, -0.25) is 0 Å². The van der Waals surface area contributed by atoms with E-state index >= 15 is 0 Å². The predicted molar refractivity (Wildman–Crippen MR) is 129 cm³/mol. The summed E-state index contributed by atoms with van der Waals surface area (Å²) in [6.45, 7) is 1.59. The molecule has 2 N–H and O–H groups in total. The van der Waals surface area contributed by atoms with Gasteiger partial charge in [-0.2, -0.15) is 0 Å². The van der Waals surface area contributed by atoms with Crippen molar-refractivity contribution in [3.05, 3.63) is 120 Å². The molecule has 146 valence electrons. The van der Waals surface area contributed by atoms with Gasteiger partial charge in [0.1, 0.15) is 0 Å². The first-order valence-corrected chi connectivity index (χ1v) is 10.4. The molecule has 0 radical (unpaired) electrons. The molecule has 0 aromatic heterocycles. The van der Waals surface area contributed by atoms with Gasteiger partial charge in [-0.1, -0.05) is 109 Å². The third-order valence-electron chi connectivity index (χ3n) is 5.56. The van der Waals surface area contributed by atoms with Crippen LogP contribution in [0.4, 0.5) is 11.4 Å². The summed E-state index contributed by atoms with van der Waals surface area (Å²) >= 11 is 0. The van der Waals surface area contributed by atoms with Crippen molar-refractivity contribution in [2.45, 2.75) is 13.1 Å². The Balaban J connectivity index is 1.60. The van der Waals surface area contributed by atoms with Gasteiger partial charge >= 0.3 is 0 Å². The van der Waals surface area contributed by atoms with E-state index in [-0.39, 0.29) is 0 Å². The van der Waals surface area contributed by atoms with Gasteiger partial charge in [-0.25, -0.2) is 0 Å². The highest BCUT2D eigenvalue weighted by atomic mass is 14.9. The number of nitrogens with one attached hydrogen (secondary N) is 2. The first-order valence-electron chi connectivity index (χ1n) is 10.4. The number of rotatable bonds is 6. The molecule has 2 nitrogen and oxygen atoms in total. The van der Waals surface area contributed by atoms with Crippen molar-refractivity contribution in [2.75, 3.05) is 10.6 Å². The predicted octanol–water partition coefficient (Wildman–Crippen LogP) is 7.22. The fourth-order valence-electron chi connectivity index (χ4n) is 4.08. The minimum absolute atomic E-state index is 0.797. The molecule has 0 heterocycles. The van der Waals surface area contributed by atoms with Crippen molar-refractivity contribution >= 4 is 32.9 Å². The van der Waals surface area contributed by atoms with Crippen LogP contribution in [-0.4, -0.2) is 0 Å². The lowest BCUT2D eigenvalue weighted by atomic mass is 9.98. The van der Waals surface area contributed by atoms with Crippen LogP contribution < -0.4 is 10.6 Å². The molecular weight excluding hydrogens is 364 g/mol. The van der Waals surface area contributed by atoms with Crippen LogP contribution in [0.25, 0.3) is 21.5 Å². The topological polar surface area (TPSA) is 24.1 Å². The van der Waals surface area contributed by atoms with Gasteiger partial charge in [0.15, 0.2) is 0 Å². The molecule has 5 aromatic carbocycles. The molecule has 0 aliphatic carbocycles. The van der Waals surface area contributed by atoms with Crippen molar-refractivity contribution in [1.82, 2.24) is 0 Å². The maximum Gasteiger partial charge on any atom is 0.0503 e. The molecule has 5 aromatic rings. The van der Waals surface area contributed by atoms with Gasteiger partial charge in [0, 0.05) is 34.6 Å². The minimum Gasteiger partial charge on any atom is -0.380 e. The molecule has 0 fully saturated rings. The lowest BCUT2D eigenvalue weighted by Gasteiger charge is -2.19. The number of benzene rings is 5. The highest BCUT2D eigenvalue weighted by molar-refractivity contribution is 6.19. The van der Waals surface area contributed by atoms with E-state index in [1.165, 1.54) is 44.0 Å². The van der Waals surface area contributed by atoms with E-state index in [9.17, 15) is 0 Å². The third kappa shape index (κ3) is 3.60. The molecule has 2 heteroatoms. The molecule has 0 aliphatic rings. The highest BCUT2D eigenvalue weighted by Crippen LogP contribution is 2.40. The summed E-state index contributed by atoms with van der Waals surface area (Å²) in [4.78, 5) is 0. The van der Waals surface area contributed by atoms with Gasteiger partial charge in [-0.05, 0) is 11.1 Å². The second-order valence-electron chi connectivity index (χ2n) is 7.52.